The van der Waals surface area contributed by atoms with Crippen molar-refractivity contribution in [2.45, 2.75) is 25.9 Å². The van der Waals surface area contributed by atoms with Crippen LogP contribution >= 0.6 is 11.3 Å². The highest BCUT2D eigenvalue weighted by Gasteiger charge is 2.30. The Bertz CT molecular complexity index is 510. The molecule has 0 amide bonds. The normalized spacial score (nSPS) is 21.9. The van der Waals surface area contributed by atoms with Gasteiger partial charge in [-0.3, -0.25) is 4.90 Å². The molecule has 0 spiro atoms. The minimum absolute atomic E-state index is 0.333. The van der Waals surface area contributed by atoms with E-state index >= 15 is 0 Å². The lowest BCUT2D eigenvalue weighted by Crippen LogP contribution is -2.35. The van der Waals surface area contributed by atoms with Gasteiger partial charge in [0.15, 0.2) is 0 Å². The maximum atomic E-state index is 11.5. The first-order chi connectivity index (χ1) is 8.36. The zero-order chi connectivity index (χ0) is 13.3. The van der Waals surface area contributed by atoms with Crippen LogP contribution in [0, 0.1) is 6.92 Å². The molecule has 2 rings (SSSR count). The maximum Gasteiger partial charge on any atom is 0.211 e. The second kappa shape index (κ2) is 5.28. The molecule has 0 saturated carbocycles. The van der Waals surface area contributed by atoms with Crippen LogP contribution in [0.3, 0.4) is 0 Å². The number of hydrogen-bond acceptors (Lipinski definition) is 4. The smallest absolute Gasteiger partial charge is 0.211 e. The van der Waals surface area contributed by atoms with Crippen LogP contribution in [0.15, 0.2) is 11.4 Å². The molecule has 18 heavy (non-hydrogen) atoms. The van der Waals surface area contributed by atoms with Crippen molar-refractivity contribution in [2.24, 2.45) is 0 Å². The van der Waals surface area contributed by atoms with Gasteiger partial charge in [0.1, 0.15) is 0 Å². The van der Waals surface area contributed by atoms with Crippen LogP contribution in [0.5, 0.6) is 0 Å². The minimum Gasteiger partial charge on any atom is -0.298 e. The lowest BCUT2D eigenvalue weighted by molar-refractivity contribution is 0.242. The molecule has 1 unspecified atom stereocenters. The fraction of sp³-hybridized carbons (Fsp3) is 0.667. The highest BCUT2D eigenvalue weighted by atomic mass is 32.2. The SMILES string of the molecule is Cc1cc(CN(C)C2CCN(S(C)(=O)=O)C2)cs1. The van der Waals surface area contributed by atoms with Crippen molar-refractivity contribution in [3.63, 3.8) is 0 Å². The molecule has 0 aliphatic carbocycles. The number of hydrogen-bond donors (Lipinski definition) is 0. The summed E-state index contributed by atoms with van der Waals surface area (Å²) in [4.78, 5) is 3.58. The second-order valence-electron chi connectivity index (χ2n) is 5.04. The van der Waals surface area contributed by atoms with Gasteiger partial charge in [0.25, 0.3) is 0 Å². The van der Waals surface area contributed by atoms with Gasteiger partial charge in [-0.2, -0.15) is 0 Å². The zero-order valence-corrected chi connectivity index (χ0v) is 12.7. The van der Waals surface area contributed by atoms with Crippen LogP contribution in [0.2, 0.25) is 0 Å². The highest BCUT2D eigenvalue weighted by molar-refractivity contribution is 7.88. The molecule has 1 aliphatic heterocycles. The van der Waals surface area contributed by atoms with E-state index in [4.69, 9.17) is 0 Å². The highest BCUT2D eigenvalue weighted by Crippen LogP contribution is 2.20. The van der Waals surface area contributed by atoms with Gasteiger partial charge in [-0.05, 0) is 37.4 Å². The second-order valence-corrected chi connectivity index (χ2v) is 8.14. The topological polar surface area (TPSA) is 40.6 Å². The van der Waals surface area contributed by atoms with Gasteiger partial charge < -0.3 is 0 Å². The van der Waals surface area contributed by atoms with E-state index in [0.717, 1.165) is 13.0 Å². The van der Waals surface area contributed by atoms with Gasteiger partial charge >= 0.3 is 0 Å². The van der Waals surface area contributed by atoms with Crippen LogP contribution in [0.4, 0.5) is 0 Å². The van der Waals surface area contributed by atoms with Crippen molar-refractivity contribution in [2.75, 3.05) is 26.4 Å². The van der Waals surface area contributed by atoms with Crippen LogP contribution in [0.1, 0.15) is 16.9 Å². The number of aryl methyl sites for hydroxylation is 1. The van der Waals surface area contributed by atoms with E-state index in [2.05, 4.69) is 30.3 Å². The van der Waals surface area contributed by atoms with Gasteiger partial charge in [-0.25, -0.2) is 12.7 Å². The number of sulfonamides is 1. The van der Waals surface area contributed by atoms with Gasteiger partial charge in [0, 0.05) is 30.6 Å². The Balaban J connectivity index is 1.93. The van der Waals surface area contributed by atoms with Crippen molar-refractivity contribution in [3.8, 4) is 0 Å². The van der Waals surface area contributed by atoms with E-state index in [-0.39, 0.29) is 0 Å². The van der Waals surface area contributed by atoms with Gasteiger partial charge in [0.05, 0.1) is 6.26 Å². The van der Waals surface area contributed by atoms with E-state index in [1.165, 1.54) is 16.7 Å². The summed E-state index contributed by atoms with van der Waals surface area (Å²) in [5.41, 5.74) is 1.32. The van der Waals surface area contributed by atoms with E-state index in [1.54, 1.807) is 15.6 Å². The molecule has 2 heterocycles. The van der Waals surface area contributed by atoms with E-state index in [0.29, 0.717) is 19.1 Å². The lowest BCUT2D eigenvalue weighted by Gasteiger charge is -2.23. The van der Waals surface area contributed by atoms with Crippen molar-refractivity contribution in [3.05, 3.63) is 21.9 Å². The molecule has 0 aromatic carbocycles. The molecule has 1 atom stereocenters. The molecular weight excluding hydrogens is 268 g/mol. The largest absolute Gasteiger partial charge is 0.298 e. The van der Waals surface area contributed by atoms with Crippen LogP contribution in [-0.2, 0) is 16.6 Å². The fourth-order valence-electron chi connectivity index (χ4n) is 2.37. The van der Waals surface area contributed by atoms with Crippen LogP contribution in [-0.4, -0.2) is 50.1 Å². The third-order valence-electron chi connectivity index (χ3n) is 3.44. The zero-order valence-electron chi connectivity index (χ0n) is 11.1. The summed E-state index contributed by atoms with van der Waals surface area (Å²) in [6.45, 7) is 4.27. The quantitative estimate of drug-likeness (QED) is 0.843. The van der Waals surface area contributed by atoms with E-state index in [1.807, 2.05) is 0 Å². The molecule has 1 aromatic rings. The summed E-state index contributed by atoms with van der Waals surface area (Å²) < 4.78 is 24.5. The Hall–Kier alpha value is -0.430. The Morgan fingerprint density at radius 3 is 2.78 bits per heavy atom. The molecule has 0 radical (unpaired) electrons. The number of nitrogens with zero attached hydrogens (tertiary/aromatic N) is 2. The molecule has 0 N–H and O–H groups in total. The Morgan fingerprint density at radius 1 is 1.56 bits per heavy atom. The predicted molar refractivity (Wildman–Crippen MR) is 75.3 cm³/mol. The summed E-state index contributed by atoms with van der Waals surface area (Å²) >= 11 is 1.76. The average Bonchev–Trinajstić information content (AvgIpc) is 2.85. The summed E-state index contributed by atoms with van der Waals surface area (Å²) in [6.07, 6.45) is 2.21. The summed E-state index contributed by atoms with van der Waals surface area (Å²) in [7, 11) is -0.956. The number of thiophene rings is 1. The predicted octanol–water partition coefficient (Wildman–Crippen LogP) is 1.52. The van der Waals surface area contributed by atoms with Gasteiger partial charge in [0.2, 0.25) is 10.0 Å². The van der Waals surface area contributed by atoms with Crippen molar-refractivity contribution >= 4 is 21.4 Å². The van der Waals surface area contributed by atoms with Crippen molar-refractivity contribution in [1.29, 1.82) is 0 Å². The first-order valence-corrected chi connectivity index (χ1v) is 8.78. The first-order valence-electron chi connectivity index (χ1n) is 6.05. The van der Waals surface area contributed by atoms with E-state index < -0.39 is 10.0 Å². The first kappa shape index (κ1) is 14.0. The lowest BCUT2D eigenvalue weighted by atomic mass is 10.2. The molecule has 1 saturated heterocycles. The van der Waals surface area contributed by atoms with Crippen LogP contribution in [0.25, 0.3) is 0 Å². The number of likely N-dealkylation sites (N-methyl/N-ethyl adjacent to an activating group) is 1. The third-order valence-corrected chi connectivity index (χ3v) is 5.62. The fourth-order valence-corrected chi connectivity index (χ4v) is 3.95. The minimum atomic E-state index is -3.03. The summed E-state index contributed by atoms with van der Waals surface area (Å²) in [5, 5.41) is 2.18. The van der Waals surface area contributed by atoms with Crippen molar-refractivity contribution in [1.82, 2.24) is 9.21 Å². The Labute approximate surface area is 113 Å². The monoisotopic (exact) mass is 288 g/mol. The molecular formula is C12H20N2O2S2. The van der Waals surface area contributed by atoms with Gasteiger partial charge in [-0.1, -0.05) is 0 Å². The molecule has 1 fully saturated rings. The Morgan fingerprint density at radius 2 is 2.28 bits per heavy atom. The number of rotatable bonds is 4. The van der Waals surface area contributed by atoms with E-state index in [9.17, 15) is 8.42 Å². The average molecular weight is 288 g/mol. The molecule has 4 nitrogen and oxygen atoms in total. The molecule has 0 bridgehead atoms. The molecule has 1 aromatic heterocycles. The molecule has 102 valence electrons. The summed E-state index contributed by atoms with van der Waals surface area (Å²) in [5.74, 6) is 0. The summed E-state index contributed by atoms with van der Waals surface area (Å²) in [6, 6.07) is 2.53. The molecule has 6 heteroatoms. The van der Waals surface area contributed by atoms with Crippen molar-refractivity contribution < 1.29 is 8.42 Å². The standard InChI is InChI=1S/C12H20N2O2S2/c1-10-6-11(9-17-10)7-13(2)12-4-5-14(8-12)18(3,15)16/h6,9,12H,4-5,7-8H2,1-3H3. The third kappa shape index (κ3) is 3.32. The maximum absolute atomic E-state index is 11.5. The Kier molecular flexibility index (Phi) is 4.11. The van der Waals surface area contributed by atoms with Gasteiger partial charge in [-0.15, -0.1) is 11.3 Å². The molecule has 1 aliphatic rings. The van der Waals surface area contributed by atoms with Crippen LogP contribution < -0.4 is 0 Å².